The first kappa shape index (κ1) is 17.9. The molecule has 3 rings (SSSR count). The molecule has 3 aromatic rings. The number of carbonyl (C=O) groups is 1. The second-order valence-corrected chi connectivity index (χ2v) is 6.59. The number of benzene rings is 2. The number of hydrogen-bond donors (Lipinski definition) is 2. The fourth-order valence-electron chi connectivity index (χ4n) is 2.33. The fourth-order valence-corrected chi connectivity index (χ4v) is 2.45. The first-order valence-corrected chi connectivity index (χ1v) is 8.65. The Hall–Kier alpha value is -2.92. The predicted octanol–water partition coefficient (Wildman–Crippen LogP) is 5.25. The molecule has 0 fully saturated rings. The first-order chi connectivity index (χ1) is 12.5. The molecule has 0 unspecified atom stereocenters. The Balaban J connectivity index is 1.63. The highest BCUT2D eigenvalue weighted by Crippen LogP contribution is 2.18. The standard InChI is InChI=1S/C20H19ClN4O/c1-13(2)14-3-7-17(8-4-14)24-19(26)15-11-22-20(23-12-15)25-18-9-5-16(21)6-10-18/h3-13H,1-2H3,(H,24,26)(H,22,23,25). The van der Waals surface area contributed by atoms with E-state index in [1.807, 2.05) is 36.4 Å². The van der Waals surface area contributed by atoms with Crippen molar-refractivity contribution in [2.45, 2.75) is 19.8 Å². The molecule has 0 aliphatic carbocycles. The van der Waals surface area contributed by atoms with Gasteiger partial charge in [-0.05, 0) is 47.9 Å². The van der Waals surface area contributed by atoms with Gasteiger partial charge in [-0.2, -0.15) is 0 Å². The molecule has 0 radical (unpaired) electrons. The number of carbonyl (C=O) groups excluding carboxylic acids is 1. The molecule has 1 aromatic heterocycles. The van der Waals surface area contributed by atoms with E-state index in [2.05, 4.69) is 34.4 Å². The second kappa shape index (κ2) is 7.97. The van der Waals surface area contributed by atoms with Crippen LogP contribution in [0.5, 0.6) is 0 Å². The van der Waals surface area contributed by atoms with Gasteiger partial charge in [0.25, 0.3) is 5.91 Å². The summed E-state index contributed by atoms with van der Waals surface area (Å²) in [6.07, 6.45) is 2.98. The van der Waals surface area contributed by atoms with Gasteiger partial charge in [0.05, 0.1) is 5.56 Å². The number of nitrogens with one attached hydrogen (secondary N) is 2. The summed E-state index contributed by atoms with van der Waals surface area (Å²) in [4.78, 5) is 20.7. The van der Waals surface area contributed by atoms with Gasteiger partial charge >= 0.3 is 0 Å². The SMILES string of the molecule is CC(C)c1ccc(NC(=O)c2cnc(Nc3ccc(Cl)cc3)nc2)cc1. The molecule has 2 N–H and O–H groups in total. The number of hydrogen-bond acceptors (Lipinski definition) is 4. The Morgan fingerprint density at radius 1 is 0.923 bits per heavy atom. The average molecular weight is 367 g/mol. The summed E-state index contributed by atoms with van der Waals surface area (Å²) in [5.74, 6) is 0.610. The molecule has 5 nitrogen and oxygen atoms in total. The van der Waals surface area contributed by atoms with Crippen LogP contribution in [-0.2, 0) is 0 Å². The number of amides is 1. The molecule has 2 aromatic carbocycles. The molecule has 0 saturated carbocycles. The van der Waals surface area contributed by atoms with Gasteiger partial charge < -0.3 is 10.6 Å². The van der Waals surface area contributed by atoms with Crippen molar-refractivity contribution >= 4 is 34.8 Å². The Morgan fingerprint density at radius 2 is 1.50 bits per heavy atom. The van der Waals surface area contributed by atoms with Crippen molar-refractivity contribution in [1.29, 1.82) is 0 Å². The van der Waals surface area contributed by atoms with E-state index in [1.54, 1.807) is 12.1 Å². The summed E-state index contributed by atoms with van der Waals surface area (Å²) in [6.45, 7) is 4.26. The van der Waals surface area contributed by atoms with Crippen molar-refractivity contribution in [3.05, 3.63) is 77.1 Å². The van der Waals surface area contributed by atoms with Gasteiger partial charge in [0.2, 0.25) is 5.95 Å². The van der Waals surface area contributed by atoms with Crippen LogP contribution in [0.25, 0.3) is 0 Å². The molecular formula is C20H19ClN4O. The summed E-state index contributed by atoms with van der Waals surface area (Å²) < 4.78 is 0. The van der Waals surface area contributed by atoms with Crippen molar-refractivity contribution in [2.75, 3.05) is 10.6 Å². The van der Waals surface area contributed by atoms with Gasteiger partial charge in [0.1, 0.15) is 0 Å². The maximum Gasteiger partial charge on any atom is 0.258 e. The fraction of sp³-hybridized carbons (Fsp3) is 0.150. The molecule has 1 amide bonds. The monoisotopic (exact) mass is 366 g/mol. The zero-order chi connectivity index (χ0) is 18.5. The van der Waals surface area contributed by atoms with E-state index in [9.17, 15) is 4.79 Å². The summed E-state index contributed by atoms with van der Waals surface area (Å²) in [5.41, 5.74) is 3.17. The molecular weight excluding hydrogens is 348 g/mol. The summed E-state index contributed by atoms with van der Waals surface area (Å²) in [6, 6.07) is 15.0. The molecule has 6 heteroatoms. The Labute approximate surface area is 157 Å². The molecule has 132 valence electrons. The topological polar surface area (TPSA) is 66.9 Å². The summed E-state index contributed by atoms with van der Waals surface area (Å²) >= 11 is 5.86. The number of anilines is 3. The Morgan fingerprint density at radius 3 is 2.08 bits per heavy atom. The van der Waals surface area contributed by atoms with Gasteiger partial charge in [0.15, 0.2) is 0 Å². The third-order valence-corrected chi connectivity index (χ3v) is 4.10. The van der Waals surface area contributed by atoms with Crippen LogP contribution in [0, 0.1) is 0 Å². The lowest BCUT2D eigenvalue weighted by Gasteiger charge is -2.09. The second-order valence-electron chi connectivity index (χ2n) is 6.16. The zero-order valence-corrected chi connectivity index (χ0v) is 15.3. The molecule has 0 bridgehead atoms. The van der Waals surface area contributed by atoms with Crippen LogP contribution in [0.2, 0.25) is 5.02 Å². The van der Waals surface area contributed by atoms with Crippen LogP contribution in [0.1, 0.15) is 35.7 Å². The average Bonchev–Trinajstić information content (AvgIpc) is 2.64. The molecule has 26 heavy (non-hydrogen) atoms. The zero-order valence-electron chi connectivity index (χ0n) is 14.5. The van der Waals surface area contributed by atoms with E-state index >= 15 is 0 Å². The highest BCUT2D eigenvalue weighted by Gasteiger charge is 2.08. The molecule has 0 aliphatic rings. The smallest absolute Gasteiger partial charge is 0.258 e. The van der Waals surface area contributed by atoms with Crippen LogP contribution in [0.3, 0.4) is 0 Å². The van der Waals surface area contributed by atoms with Gasteiger partial charge in [-0.15, -0.1) is 0 Å². The highest BCUT2D eigenvalue weighted by atomic mass is 35.5. The van der Waals surface area contributed by atoms with E-state index in [0.29, 0.717) is 22.5 Å². The molecule has 0 saturated heterocycles. The number of aromatic nitrogens is 2. The molecule has 0 spiro atoms. The minimum absolute atomic E-state index is 0.250. The van der Waals surface area contributed by atoms with Gasteiger partial charge in [-0.3, -0.25) is 4.79 Å². The minimum atomic E-state index is -0.250. The maximum absolute atomic E-state index is 12.3. The third kappa shape index (κ3) is 4.58. The molecule has 0 atom stereocenters. The summed E-state index contributed by atoms with van der Waals surface area (Å²) in [7, 11) is 0. The van der Waals surface area contributed by atoms with Crippen molar-refractivity contribution in [3.63, 3.8) is 0 Å². The van der Waals surface area contributed by atoms with E-state index in [1.165, 1.54) is 18.0 Å². The Bertz CT molecular complexity index is 875. The van der Waals surface area contributed by atoms with Crippen LogP contribution in [0.4, 0.5) is 17.3 Å². The van der Waals surface area contributed by atoms with Crippen molar-refractivity contribution in [1.82, 2.24) is 9.97 Å². The van der Waals surface area contributed by atoms with Crippen molar-refractivity contribution in [2.24, 2.45) is 0 Å². The third-order valence-electron chi connectivity index (χ3n) is 3.85. The van der Waals surface area contributed by atoms with Gasteiger partial charge in [-0.25, -0.2) is 9.97 Å². The van der Waals surface area contributed by atoms with Crippen LogP contribution in [-0.4, -0.2) is 15.9 Å². The normalized spacial score (nSPS) is 10.6. The summed E-state index contributed by atoms with van der Waals surface area (Å²) in [5, 5.41) is 6.55. The molecule has 0 aliphatic heterocycles. The van der Waals surface area contributed by atoms with Crippen molar-refractivity contribution in [3.8, 4) is 0 Å². The lowest BCUT2D eigenvalue weighted by molar-refractivity contribution is 0.102. The highest BCUT2D eigenvalue weighted by molar-refractivity contribution is 6.30. The Kier molecular flexibility index (Phi) is 5.49. The van der Waals surface area contributed by atoms with E-state index < -0.39 is 0 Å². The minimum Gasteiger partial charge on any atom is -0.324 e. The number of nitrogens with zero attached hydrogens (tertiary/aromatic N) is 2. The first-order valence-electron chi connectivity index (χ1n) is 8.27. The largest absolute Gasteiger partial charge is 0.324 e. The van der Waals surface area contributed by atoms with Gasteiger partial charge in [0, 0.05) is 28.8 Å². The van der Waals surface area contributed by atoms with E-state index in [-0.39, 0.29) is 5.91 Å². The van der Waals surface area contributed by atoms with E-state index in [0.717, 1.165) is 11.4 Å². The van der Waals surface area contributed by atoms with Crippen LogP contribution < -0.4 is 10.6 Å². The maximum atomic E-state index is 12.3. The number of halogens is 1. The quantitative estimate of drug-likeness (QED) is 0.647. The van der Waals surface area contributed by atoms with Crippen LogP contribution in [0.15, 0.2) is 60.9 Å². The number of rotatable bonds is 5. The van der Waals surface area contributed by atoms with Crippen LogP contribution >= 0.6 is 11.6 Å². The van der Waals surface area contributed by atoms with Crippen molar-refractivity contribution < 1.29 is 4.79 Å². The lowest BCUT2D eigenvalue weighted by Crippen LogP contribution is -2.13. The van der Waals surface area contributed by atoms with E-state index in [4.69, 9.17) is 11.6 Å². The molecule has 1 heterocycles. The predicted molar refractivity (Wildman–Crippen MR) is 105 cm³/mol. The van der Waals surface area contributed by atoms with Gasteiger partial charge in [-0.1, -0.05) is 37.6 Å². The lowest BCUT2D eigenvalue weighted by atomic mass is 10.0.